The van der Waals surface area contributed by atoms with Gasteiger partial charge in [-0.1, -0.05) is 26.2 Å². The Morgan fingerprint density at radius 1 is 1.18 bits per heavy atom. The monoisotopic (exact) mass is 234 g/mol. The summed E-state index contributed by atoms with van der Waals surface area (Å²) in [6.45, 7) is 3.14. The van der Waals surface area contributed by atoms with Crippen LogP contribution in [0.3, 0.4) is 0 Å². The zero-order valence-electron chi connectivity index (χ0n) is 10.1. The lowest BCUT2D eigenvalue weighted by Crippen LogP contribution is -2.02. The molecule has 5 nitrogen and oxygen atoms in total. The first-order chi connectivity index (χ1) is 8.33. The molecule has 3 N–H and O–H groups in total. The Morgan fingerprint density at radius 3 is 2.82 bits per heavy atom. The smallest absolute Gasteiger partial charge is 0.160 e. The Kier molecular flexibility index (Phi) is 3.80. The molecule has 1 heterocycles. The van der Waals surface area contributed by atoms with E-state index in [1.165, 1.54) is 19.3 Å². The molecule has 0 unspecified atom stereocenters. The van der Waals surface area contributed by atoms with Crippen molar-refractivity contribution in [2.45, 2.75) is 32.6 Å². The molecule has 5 heteroatoms. The maximum absolute atomic E-state index is 5.77. The molecule has 17 heavy (non-hydrogen) atoms. The molecule has 0 saturated heterocycles. The number of unbranched alkanes of at least 4 members (excludes halogenated alkanes) is 3. The first-order valence-corrected chi connectivity index (χ1v) is 6.07. The molecule has 1 aromatic heterocycles. The topological polar surface area (TPSA) is 77.0 Å². The lowest BCUT2D eigenvalue weighted by Gasteiger charge is -2.06. The van der Waals surface area contributed by atoms with E-state index in [0.29, 0.717) is 16.7 Å². The highest BCUT2D eigenvalue weighted by atomic mass is 16.6. The Hall–Kier alpha value is -1.78. The molecule has 92 valence electrons. The SMILES string of the molecule is CCCCCCNc1ccc(N)c2nonc12. The van der Waals surface area contributed by atoms with E-state index in [2.05, 4.69) is 22.6 Å². The van der Waals surface area contributed by atoms with Gasteiger partial charge < -0.3 is 11.1 Å². The molecular weight excluding hydrogens is 216 g/mol. The number of aromatic nitrogens is 2. The number of fused-ring (bicyclic) bond motifs is 1. The van der Waals surface area contributed by atoms with Crippen molar-refractivity contribution < 1.29 is 4.63 Å². The normalized spacial score (nSPS) is 10.9. The van der Waals surface area contributed by atoms with Crippen LogP contribution in [-0.2, 0) is 0 Å². The maximum atomic E-state index is 5.77. The van der Waals surface area contributed by atoms with Crippen molar-refractivity contribution in [3.63, 3.8) is 0 Å². The van der Waals surface area contributed by atoms with Gasteiger partial charge in [0.05, 0.1) is 11.4 Å². The van der Waals surface area contributed by atoms with Crippen LogP contribution in [0.1, 0.15) is 32.6 Å². The lowest BCUT2D eigenvalue weighted by molar-refractivity contribution is 0.316. The number of nitrogen functional groups attached to an aromatic ring is 1. The third kappa shape index (κ3) is 2.67. The maximum Gasteiger partial charge on any atom is 0.160 e. The minimum atomic E-state index is 0.595. The van der Waals surface area contributed by atoms with Crippen LogP contribution < -0.4 is 11.1 Å². The summed E-state index contributed by atoms with van der Waals surface area (Å²) in [7, 11) is 0. The second-order valence-corrected chi connectivity index (χ2v) is 4.15. The third-order valence-corrected chi connectivity index (χ3v) is 2.79. The zero-order chi connectivity index (χ0) is 12.1. The van der Waals surface area contributed by atoms with Crippen molar-refractivity contribution in [2.24, 2.45) is 0 Å². The van der Waals surface area contributed by atoms with Crippen LogP contribution in [0.15, 0.2) is 16.8 Å². The summed E-state index contributed by atoms with van der Waals surface area (Å²) in [6.07, 6.45) is 4.94. The largest absolute Gasteiger partial charge is 0.397 e. The summed E-state index contributed by atoms with van der Waals surface area (Å²) in [5, 5.41) is 11.0. The first kappa shape index (κ1) is 11.7. The third-order valence-electron chi connectivity index (χ3n) is 2.79. The predicted octanol–water partition coefficient (Wildman–Crippen LogP) is 2.80. The molecule has 0 atom stereocenters. The van der Waals surface area contributed by atoms with Gasteiger partial charge in [0.1, 0.15) is 0 Å². The van der Waals surface area contributed by atoms with Crippen molar-refractivity contribution in [3.8, 4) is 0 Å². The van der Waals surface area contributed by atoms with E-state index < -0.39 is 0 Å². The van der Waals surface area contributed by atoms with E-state index in [1.807, 2.05) is 12.1 Å². The van der Waals surface area contributed by atoms with Gasteiger partial charge in [-0.05, 0) is 28.9 Å². The number of nitrogens with one attached hydrogen (secondary N) is 1. The second-order valence-electron chi connectivity index (χ2n) is 4.15. The van der Waals surface area contributed by atoms with E-state index in [1.54, 1.807) is 0 Å². The average molecular weight is 234 g/mol. The fraction of sp³-hybridized carbons (Fsp3) is 0.500. The Labute approximate surface area is 100 Å². The molecule has 0 aliphatic carbocycles. The second kappa shape index (κ2) is 5.52. The number of anilines is 2. The van der Waals surface area contributed by atoms with Crippen LogP contribution in [0.2, 0.25) is 0 Å². The summed E-state index contributed by atoms with van der Waals surface area (Å²) in [4.78, 5) is 0. The molecule has 0 amide bonds. The number of nitrogens with zero attached hydrogens (tertiary/aromatic N) is 2. The average Bonchev–Trinajstić information content (AvgIpc) is 2.81. The molecule has 2 aromatic rings. The van der Waals surface area contributed by atoms with E-state index in [9.17, 15) is 0 Å². The summed E-state index contributed by atoms with van der Waals surface area (Å²) >= 11 is 0. The molecule has 0 radical (unpaired) electrons. The van der Waals surface area contributed by atoms with Gasteiger partial charge >= 0.3 is 0 Å². The summed E-state index contributed by atoms with van der Waals surface area (Å²) in [6, 6.07) is 3.74. The van der Waals surface area contributed by atoms with Crippen LogP contribution in [-0.4, -0.2) is 16.9 Å². The van der Waals surface area contributed by atoms with Crippen molar-refractivity contribution >= 4 is 22.4 Å². The minimum absolute atomic E-state index is 0.595. The highest BCUT2D eigenvalue weighted by Crippen LogP contribution is 2.24. The van der Waals surface area contributed by atoms with Gasteiger partial charge in [0.15, 0.2) is 11.0 Å². The zero-order valence-corrected chi connectivity index (χ0v) is 10.1. The highest BCUT2D eigenvalue weighted by molar-refractivity contribution is 5.94. The number of hydrogen-bond acceptors (Lipinski definition) is 5. The quantitative estimate of drug-likeness (QED) is 0.593. The van der Waals surface area contributed by atoms with Gasteiger partial charge in [0, 0.05) is 6.54 Å². The van der Waals surface area contributed by atoms with Gasteiger partial charge in [-0.2, -0.15) is 0 Å². The molecule has 2 rings (SSSR count). The Morgan fingerprint density at radius 2 is 2.00 bits per heavy atom. The molecular formula is C12H18N4O. The number of hydrogen-bond donors (Lipinski definition) is 2. The molecule has 0 saturated carbocycles. The van der Waals surface area contributed by atoms with Gasteiger partial charge in [0.2, 0.25) is 0 Å². The molecule has 0 spiro atoms. The van der Waals surface area contributed by atoms with Gasteiger partial charge in [-0.15, -0.1) is 0 Å². The summed E-state index contributed by atoms with van der Waals surface area (Å²) in [5.74, 6) is 0. The van der Waals surface area contributed by atoms with Crippen LogP contribution in [0.25, 0.3) is 11.0 Å². The van der Waals surface area contributed by atoms with Gasteiger partial charge in [0.25, 0.3) is 0 Å². The van der Waals surface area contributed by atoms with E-state index in [4.69, 9.17) is 10.4 Å². The van der Waals surface area contributed by atoms with Crippen molar-refractivity contribution in [1.29, 1.82) is 0 Å². The van der Waals surface area contributed by atoms with E-state index >= 15 is 0 Å². The van der Waals surface area contributed by atoms with Crippen LogP contribution in [0.4, 0.5) is 11.4 Å². The van der Waals surface area contributed by atoms with Crippen LogP contribution in [0, 0.1) is 0 Å². The van der Waals surface area contributed by atoms with Crippen LogP contribution in [0.5, 0.6) is 0 Å². The van der Waals surface area contributed by atoms with E-state index in [-0.39, 0.29) is 0 Å². The van der Waals surface area contributed by atoms with Gasteiger partial charge in [-0.25, -0.2) is 4.63 Å². The molecule has 0 bridgehead atoms. The van der Waals surface area contributed by atoms with Crippen molar-refractivity contribution in [1.82, 2.24) is 10.3 Å². The highest BCUT2D eigenvalue weighted by Gasteiger charge is 2.08. The lowest BCUT2D eigenvalue weighted by atomic mass is 10.2. The standard InChI is InChI=1S/C12H18N4O/c1-2-3-4-5-8-14-10-7-6-9(13)11-12(10)16-17-15-11/h6-7,14H,2-5,8,13H2,1H3. The molecule has 0 fully saturated rings. The van der Waals surface area contributed by atoms with Crippen molar-refractivity contribution in [3.05, 3.63) is 12.1 Å². The van der Waals surface area contributed by atoms with E-state index in [0.717, 1.165) is 18.7 Å². The molecule has 0 aliphatic rings. The van der Waals surface area contributed by atoms with Crippen LogP contribution >= 0.6 is 0 Å². The number of rotatable bonds is 6. The molecule has 1 aromatic carbocycles. The number of nitrogens with two attached hydrogens (primary N) is 1. The summed E-state index contributed by atoms with van der Waals surface area (Å²) in [5.41, 5.74) is 8.64. The fourth-order valence-corrected chi connectivity index (χ4v) is 1.80. The predicted molar refractivity (Wildman–Crippen MR) is 68.8 cm³/mol. The fourth-order valence-electron chi connectivity index (χ4n) is 1.80. The van der Waals surface area contributed by atoms with Gasteiger partial charge in [-0.3, -0.25) is 0 Å². The summed E-state index contributed by atoms with van der Waals surface area (Å²) < 4.78 is 4.71. The number of benzene rings is 1. The Balaban J connectivity index is 1.99. The Bertz CT molecular complexity index is 480. The van der Waals surface area contributed by atoms with Crippen molar-refractivity contribution in [2.75, 3.05) is 17.6 Å². The molecule has 0 aliphatic heterocycles. The minimum Gasteiger partial charge on any atom is -0.397 e. The first-order valence-electron chi connectivity index (χ1n) is 6.07.